The Balaban J connectivity index is 2.16. The average molecular weight is 411 g/mol. The van der Waals surface area contributed by atoms with Gasteiger partial charge in [0.1, 0.15) is 5.75 Å². The van der Waals surface area contributed by atoms with Gasteiger partial charge in [0.25, 0.3) is 15.6 Å². The van der Waals surface area contributed by atoms with Crippen molar-refractivity contribution in [1.29, 1.82) is 0 Å². The summed E-state index contributed by atoms with van der Waals surface area (Å²) < 4.78 is 33.6. The normalized spacial score (nSPS) is 11.1. The Labute approximate surface area is 169 Å². The number of hydrogen-bond acceptors (Lipinski definition) is 5. The van der Waals surface area contributed by atoms with E-state index in [1.807, 2.05) is 6.92 Å². The van der Waals surface area contributed by atoms with Crippen molar-refractivity contribution >= 4 is 15.7 Å². The van der Waals surface area contributed by atoms with Gasteiger partial charge in [-0.25, -0.2) is 13.4 Å². The van der Waals surface area contributed by atoms with E-state index >= 15 is 0 Å². The Hall–Kier alpha value is -3.39. The summed E-state index contributed by atoms with van der Waals surface area (Å²) in [7, 11) is -1.99. The number of rotatable bonds is 7. The number of hydrogen-bond donors (Lipinski definition) is 1. The summed E-state index contributed by atoms with van der Waals surface area (Å²) in [5.41, 5.74) is 2.25. The van der Waals surface area contributed by atoms with Gasteiger partial charge < -0.3 is 9.30 Å². The smallest absolute Gasteiger partial charge is 0.254 e. The van der Waals surface area contributed by atoms with E-state index in [0.29, 0.717) is 34.9 Å². The molecule has 29 heavy (non-hydrogen) atoms. The lowest BCUT2D eigenvalue weighted by atomic mass is 10.0. The molecule has 0 saturated heterocycles. The minimum Gasteiger partial charge on any atom is -0.438 e. The molecular weight excluding hydrogens is 390 g/mol. The van der Waals surface area contributed by atoms with Crippen LogP contribution in [0.15, 0.2) is 71.6 Å². The number of aryl methyl sites for hydroxylation is 2. The topological polar surface area (TPSA) is 90.3 Å². The maximum Gasteiger partial charge on any atom is 0.254 e. The third-order valence-corrected chi connectivity index (χ3v) is 5.22. The summed E-state index contributed by atoms with van der Waals surface area (Å²) >= 11 is 0. The first-order valence-electron chi connectivity index (χ1n) is 8.91. The molecule has 0 aliphatic rings. The Kier molecular flexibility index (Phi) is 5.84. The van der Waals surface area contributed by atoms with Gasteiger partial charge in [0.2, 0.25) is 5.88 Å². The zero-order valence-electron chi connectivity index (χ0n) is 16.1. The molecule has 0 spiro atoms. The van der Waals surface area contributed by atoms with Crippen molar-refractivity contribution in [2.24, 2.45) is 7.05 Å². The first-order valence-corrected chi connectivity index (χ1v) is 10.5. The van der Waals surface area contributed by atoms with Crippen molar-refractivity contribution in [1.82, 2.24) is 9.55 Å². The predicted molar refractivity (Wildman–Crippen MR) is 114 cm³/mol. The zero-order valence-corrected chi connectivity index (χ0v) is 16.9. The van der Waals surface area contributed by atoms with Crippen LogP contribution in [0.2, 0.25) is 0 Å². The molecule has 1 N–H and O–H groups in total. The molecule has 0 unspecified atom stereocenters. The van der Waals surface area contributed by atoms with Crippen LogP contribution in [0.25, 0.3) is 11.1 Å². The number of nitrogens with zero attached hydrogens (tertiary/aromatic N) is 2. The number of aromatic nitrogens is 2. The Bertz CT molecular complexity index is 1200. The number of pyridine rings is 2. The van der Waals surface area contributed by atoms with Crippen molar-refractivity contribution in [3.05, 3.63) is 82.8 Å². The molecule has 1 aromatic carbocycles. The standard InChI is InChI=1S/C21H21N3O4S/c1-4-15-12-16(14-24(3)21(15)25)18-13-17(23-29(26,27)5-2)9-10-19(18)28-20-8-6-7-11-22-20/h5-14,23H,2,4H2,1,3H3. The largest absolute Gasteiger partial charge is 0.438 e. The molecule has 3 aromatic rings. The van der Waals surface area contributed by atoms with Crippen LogP contribution in [0, 0.1) is 0 Å². The van der Waals surface area contributed by atoms with Crippen molar-refractivity contribution in [2.75, 3.05) is 4.72 Å². The Morgan fingerprint density at radius 2 is 2.03 bits per heavy atom. The highest BCUT2D eigenvalue weighted by molar-refractivity contribution is 7.95. The maximum atomic E-state index is 12.3. The first kappa shape index (κ1) is 20.3. The molecule has 3 rings (SSSR count). The van der Waals surface area contributed by atoms with E-state index < -0.39 is 10.0 Å². The minimum atomic E-state index is -3.67. The van der Waals surface area contributed by atoms with E-state index in [2.05, 4.69) is 16.3 Å². The van der Waals surface area contributed by atoms with E-state index in [9.17, 15) is 13.2 Å². The van der Waals surface area contributed by atoms with E-state index in [1.165, 1.54) is 4.57 Å². The molecule has 0 radical (unpaired) electrons. The van der Waals surface area contributed by atoms with Crippen LogP contribution in [-0.2, 0) is 23.5 Å². The Morgan fingerprint density at radius 1 is 1.24 bits per heavy atom. The van der Waals surface area contributed by atoms with Crippen LogP contribution in [-0.4, -0.2) is 18.0 Å². The van der Waals surface area contributed by atoms with Crippen LogP contribution in [0.1, 0.15) is 12.5 Å². The average Bonchev–Trinajstić information content (AvgIpc) is 2.71. The molecule has 0 aliphatic heterocycles. The van der Waals surface area contributed by atoms with Crippen LogP contribution >= 0.6 is 0 Å². The predicted octanol–water partition coefficient (Wildman–Crippen LogP) is 3.69. The molecule has 7 nitrogen and oxygen atoms in total. The van der Waals surface area contributed by atoms with Crippen molar-refractivity contribution in [2.45, 2.75) is 13.3 Å². The molecule has 0 saturated carbocycles. The fourth-order valence-corrected chi connectivity index (χ4v) is 3.35. The van der Waals surface area contributed by atoms with Crippen molar-refractivity contribution < 1.29 is 13.2 Å². The first-order chi connectivity index (χ1) is 13.8. The molecule has 2 aromatic heterocycles. The van der Waals surface area contributed by atoms with Gasteiger partial charge in [-0.05, 0) is 36.8 Å². The molecule has 150 valence electrons. The minimum absolute atomic E-state index is 0.0769. The molecular formula is C21H21N3O4S. The molecule has 0 fully saturated rings. The monoisotopic (exact) mass is 411 g/mol. The Morgan fingerprint density at radius 3 is 2.69 bits per heavy atom. The highest BCUT2D eigenvalue weighted by Crippen LogP contribution is 2.35. The number of benzene rings is 1. The van der Waals surface area contributed by atoms with Crippen LogP contribution in [0.4, 0.5) is 5.69 Å². The summed E-state index contributed by atoms with van der Waals surface area (Å²) in [5, 5.41) is 0.840. The molecule has 0 atom stereocenters. The number of sulfonamides is 1. The van der Waals surface area contributed by atoms with Gasteiger partial charge in [-0.3, -0.25) is 9.52 Å². The van der Waals surface area contributed by atoms with Gasteiger partial charge in [0.15, 0.2) is 0 Å². The van der Waals surface area contributed by atoms with E-state index in [1.54, 1.807) is 61.9 Å². The lowest BCUT2D eigenvalue weighted by Crippen LogP contribution is -2.20. The fraction of sp³-hybridized carbons (Fsp3) is 0.143. The van der Waals surface area contributed by atoms with Gasteiger partial charge in [-0.2, -0.15) is 0 Å². The highest BCUT2D eigenvalue weighted by atomic mass is 32.2. The van der Waals surface area contributed by atoms with Gasteiger partial charge >= 0.3 is 0 Å². The van der Waals surface area contributed by atoms with Gasteiger partial charge in [-0.15, -0.1) is 0 Å². The third-order valence-electron chi connectivity index (χ3n) is 4.26. The lowest BCUT2D eigenvalue weighted by Gasteiger charge is -2.15. The quantitative estimate of drug-likeness (QED) is 0.640. The van der Waals surface area contributed by atoms with Crippen LogP contribution in [0.3, 0.4) is 0 Å². The summed E-state index contributed by atoms with van der Waals surface area (Å²) in [6.45, 7) is 5.21. The van der Waals surface area contributed by atoms with Crippen LogP contribution < -0.4 is 15.0 Å². The second-order valence-corrected chi connectivity index (χ2v) is 7.95. The van der Waals surface area contributed by atoms with Gasteiger partial charge in [0.05, 0.1) is 0 Å². The van der Waals surface area contributed by atoms with Crippen molar-refractivity contribution in [3.8, 4) is 22.8 Å². The third kappa shape index (κ3) is 4.72. The van der Waals surface area contributed by atoms with E-state index in [-0.39, 0.29) is 5.56 Å². The molecule has 2 heterocycles. The highest BCUT2D eigenvalue weighted by Gasteiger charge is 2.14. The van der Waals surface area contributed by atoms with Crippen LogP contribution in [0.5, 0.6) is 11.6 Å². The summed E-state index contributed by atoms with van der Waals surface area (Å²) in [6, 6.07) is 12.0. The number of nitrogens with one attached hydrogen (secondary N) is 1. The zero-order chi connectivity index (χ0) is 21.0. The van der Waals surface area contributed by atoms with E-state index in [4.69, 9.17) is 4.74 Å². The molecule has 8 heteroatoms. The number of anilines is 1. The molecule has 0 amide bonds. The molecule has 0 bridgehead atoms. The lowest BCUT2D eigenvalue weighted by molar-refractivity contribution is 0.464. The van der Waals surface area contributed by atoms with E-state index in [0.717, 1.165) is 11.0 Å². The fourth-order valence-electron chi connectivity index (χ4n) is 2.82. The summed E-state index contributed by atoms with van der Waals surface area (Å²) in [6.07, 6.45) is 3.87. The van der Waals surface area contributed by atoms with Gasteiger partial charge in [0, 0.05) is 53.3 Å². The van der Waals surface area contributed by atoms with Gasteiger partial charge in [-0.1, -0.05) is 19.6 Å². The molecule has 0 aliphatic carbocycles. The summed E-state index contributed by atoms with van der Waals surface area (Å²) in [5.74, 6) is 0.875. The number of ether oxygens (including phenoxy) is 1. The second kappa shape index (κ2) is 8.32. The SMILES string of the molecule is C=CS(=O)(=O)Nc1ccc(Oc2ccccn2)c(-c2cc(CC)c(=O)n(C)c2)c1. The van der Waals surface area contributed by atoms with Crippen molar-refractivity contribution in [3.63, 3.8) is 0 Å². The second-order valence-electron chi connectivity index (χ2n) is 6.32. The summed E-state index contributed by atoms with van der Waals surface area (Å²) in [4.78, 5) is 16.4. The maximum absolute atomic E-state index is 12.3.